The Labute approximate surface area is 178 Å². The fourth-order valence-electron chi connectivity index (χ4n) is 3.70. The minimum atomic E-state index is -4.70. The van der Waals surface area contributed by atoms with Crippen LogP contribution in [0, 0.1) is 5.92 Å². The van der Waals surface area contributed by atoms with E-state index in [1.54, 1.807) is 37.3 Å². The molecule has 2 N–H and O–H groups in total. The Bertz CT molecular complexity index is 1240. The summed E-state index contributed by atoms with van der Waals surface area (Å²) < 4.78 is 70.7. The second-order valence-electron chi connectivity index (χ2n) is 7.15. The number of alkyl halides is 3. The van der Waals surface area contributed by atoms with Crippen LogP contribution in [0.2, 0.25) is 0 Å². The summed E-state index contributed by atoms with van der Waals surface area (Å²) in [5.41, 5.74) is -2.27. The summed E-state index contributed by atoms with van der Waals surface area (Å²) in [6.45, 7) is 1.64. The molecule has 1 aliphatic carbocycles. The van der Waals surface area contributed by atoms with Gasteiger partial charge in [-0.25, -0.2) is 8.42 Å². The third kappa shape index (κ3) is 3.64. The van der Waals surface area contributed by atoms with Crippen molar-refractivity contribution in [3.8, 4) is 10.6 Å². The summed E-state index contributed by atoms with van der Waals surface area (Å²) in [4.78, 5) is 12.2. The van der Waals surface area contributed by atoms with E-state index < -0.39 is 45.2 Å². The first-order valence-electron chi connectivity index (χ1n) is 8.93. The van der Waals surface area contributed by atoms with Crippen LogP contribution in [-0.4, -0.2) is 30.2 Å². The maximum atomic E-state index is 12.9. The third-order valence-electron chi connectivity index (χ3n) is 5.31. The standard InChI is InChI=1S/C19H15F3N2O5S2/c1-10-16(11-5-3-2-4-6-11)18(10,17(25)26)24-31(27,28)15-8-7-13(30-15)12-9-14(23-29-12)19(20,21)22/h2-10,16,24H,1H3,(H,25,26)/t10?,16-,18-/m0/s1. The fraction of sp³-hybridized carbons (Fsp3) is 0.263. The van der Waals surface area contributed by atoms with Gasteiger partial charge in [-0.2, -0.15) is 17.9 Å². The number of carbonyl (C=O) groups is 1. The first kappa shape index (κ1) is 21.5. The number of halogens is 3. The molecule has 31 heavy (non-hydrogen) atoms. The zero-order valence-corrected chi connectivity index (χ0v) is 17.4. The Hall–Kier alpha value is -2.70. The van der Waals surface area contributed by atoms with Crippen molar-refractivity contribution < 1.29 is 36.0 Å². The molecular weight excluding hydrogens is 457 g/mol. The molecule has 3 aromatic rings. The maximum absolute atomic E-state index is 12.9. The van der Waals surface area contributed by atoms with Crippen molar-refractivity contribution in [2.24, 2.45) is 5.92 Å². The van der Waals surface area contributed by atoms with Crippen molar-refractivity contribution >= 4 is 27.3 Å². The second-order valence-corrected chi connectivity index (χ2v) is 10.1. The van der Waals surface area contributed by atoms with E-state index in [1.807, 2.05) is 0 Å². The predicted octanol–water partition coefficient (Wildman–Crippen LogP) is 3.96. The predicted molar refractivity (Wildman–Crippen MR) is 104 cm³/mol. The van der Waals surface area contributed by atoms with Gasteiger partial charge >= 0.3 is 12.1 Å². The molecular formula is C19H15F3N2O5S2. The first-order valence-corrected chi connectivity index (χ1v) is 11.2. The number of aliphatic carboxylic acids is 1. The molecule has 1 fully saturated rings. The molecule has 1 aromatic carbocycles. The van der Waals surface area contributed by atoms with Crippen molar-refractivity contribution in [3.05, 3.63) is 59.8 Å². The van der Waals surface area contributed by atoms with E-state index in [9.17, 15) is 31.5 Å². The van der Waals surface area contributed by atoms with Crippen LogP contribution in [-0.2, 0) is 21.0 Å². The Morgan fingerprint density at radius 3 is 2.48 bits per heavy atom. The Morgan fingerprint density at radius 2 is 1.90 bits per heavy atom. The molecule has 0 radical (unpaired) electrons. The number of nitrogens with zero attached hydrogens (tertiary/aromatic N) is 1. The van der Waals surface area contributed by atoms with E-state index in [0.29, 0.717) is 23.0 Å². The van der Waals surface area contributed by atoms with Crippen LogP contribution in [0.4, 0.5) is 13.2 Å². The van der Waals surface area contributed by atoms with Crippen LogP contribution in [0.3, 0.4) is 0 Å². The van der Waals surface area contributed by atoms with E-state index >= 15 is 0 Å². The number of nitrogens with one attached hydrogen (secondary N) is 1. The molecule has 2 aromatic heterocycles. The monoisotopic (exact) mass is 472 g/mol. The van der Waals surface area contributed by atoms with Crippen LogP contribution in [0.15, 0.2) is 57.3 Å². The van der Waals surface area contributed by atoms with Crippen molar-refractivity contribution in [1.82, 2.24) is 9.88 Å². The number of rotatable bonds is 6. The summed E-state index contributed by atoms with van der Waals surface area (Å²) in [5.74, 6) is -2.62. The van der Waals surface area contributed by atoms with Gasteiger partial charge in [-0.3, -0.25) is 4.79 Å². The number of hydrogen-bond donors (Lipinski definition) is 2. The number of sulfonamides is 1. The number of carboxylic acids is 1. The van der Waals surface area contributed by atoms with Gasteiger partial charge in [0.1, 0.15) is 9.75 Å². The molecule has 12 heteroatoms. The van der Waals surface area contributed by atoms with Gasteiger partial charge in [0.05, 0.1) is 4.88 Å². The number of hydrogen-bond acceptors (Lipinski definition) is 6. The van der Waals surface area contributed by atoms with Gasteiger partial charge in [-0.05, 0) is 23.6 Å². The Balaban J connectivity index is 1.62. The largest absolute Gasteiger partial charge is 0.480 e. The molecule has 0 spiro atoms. The third-order valence-corrected chi connectivity index (χ3v) is 8.38. The molecule has 1 saturated carbocycles. The van der Waals surface area contributed by atoms with Crippen LogP contribution in [0.5, 0.6) is 0 Å². The topological polar surface area (TPSA) is 110 Å². The number of carboxylic acid groups (broad SMARTS) is 1. The molecule has 0 aliphatic heterocycles. The van der Waals surface area contributed by atoms with Gasteiger partial charge in [0.2, 0.25) is 0 Å². The highest BCUT2D eigenvalue weighted by Gasteiger charge is 2.70. The van der Waals surface area contributed by atoms with E-state index in [0.717, 1.165) is 0 Å². The van der Waals surface area contributed by atoms with Gasteiger partial charge in [-0.15, -0.1) is 11.3 Å². The summed E-state index contributed by atoms with van der Waals surface area (Å²) in [5, 5.41) is 12.8. The van der Waals surface area contributed by atoms with Gasteiger partial charge < -0.3 is 9.63 Å². The normalized spacial score (nSPS) is 23.6. The highest BCUT2D eigenvalue weighted by Crippen LogP contribution is 2.58. The SMILES string of the molecule is CC1[C@@H](c2ccccc2)[C@]1(NS(=O)(=O)c1ccc(-c2cc(C(F)(F)F)no2)s1)C(=O)O. The van der Waals surface area contributed by atoms with Gasteiger partial charge in [0.25, 0.3) is 10.0 Å². The minimum Gasteiger partial charge on any atom is -0.480 e. The Kier molecular flexibility index (Phi) is 4.98. The van der Waals surface area contributed by atoms with E-state index in [-0.39, 0.29) is 14.8 Å². The van der Waals surface area contributed by atoms with Crippen molar-refractivity contribution in [2.75, 3.05) is 0 Å². The second kappa shape index (κ2) is 7.18. The van der Waals surface area contributed by atoms with Gasteiger partial charge in [-0.1, -0.05) is 42.4 Å². The fourth-order valence-corrected chi connectivity index (χ4v) is 6.41. The first-order chi connectivity index (χ1) is 14.5. The summed E-state index contributed by atoms with van der Waals surface area (Å²) in [7, 11) is -4.28. The minimum absolute atomic E-state index is 0.108. The summed E-state index contributed by atoms with van der Waals surface area (Å²) in [6, 6.07) is 11.8. The zero-order chi connectivity index (χ0) is 22.6. The van der Waals surface area contributed by atoms with Crippen molar-refractivity contribution in [3.63, 3.8) is 0 Å². The molecule has 1 aliphatic rings. The number of thiophene rings is 1. The summed E-state index contributed by atoms with van der Waals surface area (Å²) in [6.07, 6.45) is -4.70. The molecule has 164 valence electrons. The zero-order valence-electron chi connectivity index (χ0n) is 15.8. The lowest BCUT2D eigenvalue weighted by Gasteiger charge is -2.15. The molecule has 0 saturated heterocycles. The summed E-state index contributed by atoms with van der Waals surface area (Å²) >= 11 is 0.651. The number of benzene rings is 1. The van der Waals surface area contributed by atoms with Crippen LogP contribution in [0.1, 0.15) is 24.1 Å². The van der Waals surface area contributed by atoms with E-state index in [2.05, 4.69) is 14.4 Å². The lowest BCUT2D eigenvalue weighted by Crippen LogP contribution is -2.45. The van der Waals surface area contributed by atoms with Crippen molar-refractivity contribution in [2.45, 2.75) is 28.8 Å². The van der Waals surface area contributed by atoms with Gasteiger partial charge in [0, 0.05) is 12.0 Å². The van der Waals surface area contributed by atoms with Crippen LogP contribution in [0.25, 0.3) is 10.6 Å². The highest BCUT2D eigenvalue weighted by molar-refractivity contribution is 7.91. The smallest absolute Gasteiger partial charge is 0.436 e. The quantitative estimate of drug-likeness (QED) is 0.562. The van der Waals surface area contributed by atoms with Crippen molar-refractivity contribution in [1.29, 1.82) is 0 Å². The lowest BCUT2D eigenvalue weighted by molar-refractivity contribution is -0.143. The molecule has 0 amide bonds. The van der Waals surface area contributed by atoms with E-state index in [4.69, 9.17) is 0 Å². The molecule has 4 rings (SSSR count). The van der Waals surface area contributed by atoms with Crippen LogP contribution >= 0.6 is 11.3 Å². The van der Waals surface area contributed by atoms with Crippen LogP contribution < -0.4 is 4.72 Å². The molecule has 7 nitrogen and oxygen atoms in total. The average molecular weight is 472 g/mol. The average Bonchev–Trinajstić information content (AvgIpc) is 3.13. The maximum Gasteiger partial charge on any atom is 0.436 e. The molecule has 2 heterocycles. The Morgan fingerprint density at radius 1 is 1.23 bits per heavy atom. The highest BCUT2D eigenvalue weighted by atomic mass is 32.2. The lowest BCUT2D eigenvalue weighted by atomic mass is 10.1. The molecule has 3 atom stereocenters. The molecule has 0 bridgehead atoms. The van der Waals surface area contributed by atoms with Gasteiger partial charge in [0.15, 0.2) is 11.5 Å². The number of aromatic nitrogens is 1. The van der Waals surface area contributed by atoms with E-state index in [1.165, 1.54) is 12.1 Å². The molecule has 1 unspecified atom stereocenters.